The molecule has 3 nitrogen and oxygen atoms in total. The van der Waals surface area contributed by atoms with Gasteiger partial charge in [0.1, 0.15) is 0 Å². The third-order valence-electron chi connectivity index (χ3n) is 3.33. The third kappa shape index (κ3) is 12.9. The Hall–Kier alpha value is -0.570. The lowest BCUT2D eigenvalue weighted by atomic mass is 9.91. The predicted octanol–water partition coefficient (Wildman–Crippen LogP) is 4.22. The number of unbranched alkanes of at least 4 members (excludes halogenated alkanes) is 2. The van der Waals surface area contributed by atoms with Gasteiger partial charge in [-0.05, 0) is 52.0 Å². The first kappa shape index (κ1) is 20.4. The largest absolute Gasteiger partial charge is 0.343 e. The van der Waals surface area contributed by atoms with Gasteiger partial charge in [0, 0.05) is 25.0 Å². The van der Waals surface area contributed by atoms with Crippen LogP contribution in [0.25, 0.3) is 0 Å². The first-order valence-electron chi connectivity index (χ1n) is 8.58. The molecule has 0 aliphatic rings. The Morgan fingerprint density at radius 3 is 2.00 bits per heavy atom. The Labute approximate surface area is 132 Å². The van der Waals surface area contributed by atoms with Gasteiger partial charge in [0.2, 0.25) is 5.91 Å². The summed E-state index contributed by atoms with van der Waals surface area (Å²) in [5, 5.41) is 3.50. The van der Waals surface area contributed by atoms with E-state index in [-0.39, 0.29) is 11.0 Å². The number of carbonyl (C=O) groups excluding carboxylic acids is 1. The van der Waals surface area contributed by atoms with Crippen LogP contribution in [-0.4, -0.2) is 36.0 Å². The summed E-state index contributed by atoms with van der Waals surface area (Å²) in [6.45, 7) is 18.0. The van der Waals surface area contributed by atoms with Crippen molar-refractivity contribution in [3.63, 3.8) is 0 Å². The van der Waals surface area contributed by atoms with Crippen LogP contribution in [-0.2, 0) is 4.79 Å². The summed E-state index contributed by atoms with van der Waals surface area (Å²) >= 11 is 0. The van der Waals surface area contributed by atoms with Gasteiger partial charge in [-0.25, -0.2) is 0 Å². The molecule has 1 amide bonds. The number of nitrogens with zero attached hydrogens (tertiary/aromatic N) is 1. The molecule has 0 unspecified atom stereocenters. The molecular formula is C18H38N2O. The van der Waals surface area contributed by atoms with Crippen molar-refractivity contribution in [1.29, 1.82) is 0 Å². The zero-order chi connectivity index (χ0) is 16.5. The first-order chi connectivity index (χ1) is 9.55. The quantitative estimate of drug-likeness (QED) is 0.646. The van der Waals surface area contributed by atoms with Crippen LogP contribution in [0.15, 0.2) is 0 Å². The Kier molecular flexibility index (Phi) is 9.19. The highest BCUT2D eigenvalue weighted by molar-refractivity contribution is 5.76. The Balaban J connectivity index is 4.15. The molecule has 0 saturated carbocycles. The molecule has 0 aromatic rings. The molecule has 0 rings (SSSR count). The van der Waals surface area contributed by atoms with Crippen molar-refractivity contribution < 1.29 is 4.79 Å². The van der Waals surface area contributed by atoms with Gasteiger partial charge in [-0.15, -0.1) is 0 Å². The highest BCUT2D eigenvalue weighted by Crippen LogP contribution is 2.20. The van der Waals surface area contributed by atoms with Crippen LogP contribution < -0.4 is 5.32 Å². The van der Waals surface area contributed by atoms with Crippen molar-refractivity contribution >= 4 is 5.91 Å². The van der Waals surface area contributed by atoms with E-state index < -0.39 is 0 Å². The fourth-order valence-electron chi connectivity index (χ4n) is 2.17. The fourth-order valence-corrected chi connectivity index (χ4v) is 2.17. The van der Waals surface area contributed by atoms with E-state index in [1.807, 2.05) is 0 Å². The second-order valence-corrected chi connectivity index (χ2v) is 8.36. The number of nitrogens with one attached hydrogen (secondary N) is 1. The highest BCUT2D eigenvalue weighted by Gasteiger charge is 2.20. The van der Waals surface area contributed by atoms with Crippen molar-refractivity contribution in [2.75, 3.05) is 19.6 Å². The summed E-state index contributed by atoms with van der Waals surface area (Å²) in [5.74, 6) is 0.319. The van der Waals surface area contributed by atoms with Crippen LogP contribution in [0.5, 0.6) is 0 Å². The summed E-state index contributed by atoms with van der Waals surface area (Å²) in [5.41, 5.74) is 0.263. The number of hydrogen-bond acceptors (Lipinski definition) is 2. The van der Waals surface area contributed by atoms with Gasteiger partial charge < -0.3 is 10.2 Å². The topological polar surface area (TPSA) is 32.3 Å². The van der Waals surface area contributed by atoms with Crippen molar-refractivity contribution in [3.05, 3.63) is 0 Å². The van der Waals surface area contributed by atoms with E-state index in [0.29, 0.717) is 12.3 Å². The van der Waals surface area contributed by atoms with E-state index in [1.54, 1.807) is 0 Å². The van der Waals surface area contributed by atoms with E-state index in [0.717, 1.165) is 45.3 Å². The zero-order valence-electron chi connectivity index (χ0n) is 15.5. The lowest BCUT2D eigenvalue weighted by Crippen LogP contribution is -2.37. The SMILES string of the molecule is CCCCN(CCCCNC(C)(C)C)C(=O)CC(C)(C)C. The van der Waals surface area contributed by atoms with E-state index >= 15 is 0 Å². The maximum atomic E-state index is 12.4. The van der Waals surface area contributed by atoms with Crippen molar-refractivity contribution in [2.24, 2.45) is 5.41 Å². The summed E-state index contributed by atoms with van der Waals surface area (Å²) in [4.78, 5) is 14.5. The minimum absolute atomic E-state index is 0.0787. The monoisotopic (exact) mass is 298 g/mol. The molecule has 0 heterocycles. The molecule has 0 aliphatic carbocycles. The Bertz CT molecular complexity index is 287. The molecule has 0 saturated heterocycles. The van der Waals surface area contributed by atoms with Crippen LogP contribution in [0.3, 0.4) is 0 Å². The summed E-state index contributed by atoms with van der Waals surface area (Å²) < 4.78 is 0. The molecule has 126 valence electrons. The van der Waals surface area contributed by atoms with Gasteiger partial charge >= 0.3 is 0 Å². The summed E-state index contributed by atoms with van der Waals surface area (Å²) in [6.07, 6.45) is 5.11. The predicted molar refractivity (Wildman–Crippen MR) is 92.5 cm³/mol. The summed E-state index contributed by atoms with van der Waals surface area (Å²) in [7, 11) is 0. The minimum Gasteiger partial charge on any atom is -0.343 e. The lowest BCUT2D eigenvalue weighted by Gasteiger charge is -2.27. The summed E-state index contributed by atoms with van der Waals surface area (Å²) in [6, 6.07) is 0. The van der Waals surface area contributed by atoms with Crippen LogP contribution >= 0.6 is 0 Å². The second kappa shape index (κ2) is 9.45. The molecule has 0 fully saturated rings. The van der Waals surface area contributed by atoms with Gasteiger partial charge in [0.15, 0.2) is 0 Å². The van der Waals surface area contributed by atoms with Crippen molar-refractivity contribution in [2.45, 2.75) is 86.1 Å². The number of carbonyl (C=O) groups is 1. The van der Waals surface area contributed by atoms with Gasteiger partial charge in [0.25, 0.3) is 0 Å². The third-order valence-corrected chi connectivity index (χ3v) is 3.33. The second-order valence-electron chi connectivity index (χ2n) is 8.36. The molecule has 0 aromatic heterocycles. The lowest BCUT2D eigenvalue weighted by molar-refractivity contribution is -0.133. The normalized spacial score (nSPS) is 12.5. The zero-order valence-corrected chi connectivity index (χ0v) is 15.5. The van der Waals surface area contributed by atoms with E-state index in [4.69, 9.17) is 0 Å². The van der Waals surface area contributed by atoms with E-state index in [9.17, 15) is 4.79 Å². The van der Waals surface area contributed by atoms with E-state index in [2.05, 4.69) is 58.7 Å². The smallest absolute Gasteiger partial charge is 0.223 e. The molecule has 1 N–H and O–H groups in total. The highest BCUT2D eigenvalue weighted by atomic mass is 16.2. The van der Waals surface area contributed by atoms with Gasteiger partial charge in [-0.2, -0.15) is 0 Å². The van der Waals surface area contributed by atoms with Crippen LogP contribution in [0.1, 0.15) is 80.6 Å². The number of amides is 1. The maximum absolute atomic E-state index is 12.4. The molecule has 21 heavy (non-hydrogen) atoms. The molecule has 3 heteroatoms. The Morgan fingerprint density at radius 1 is 0.952 bits per heavy atom. The maximum Gasteiger partial charge on any atom is 0.223 e. The first-order valence-corrected chi connectivity index (χ1v) is 8.58. The molecule has 0 spiro atoms. The minimum atomic E-state index is 0.0787. The van der Waals surface area contributed by atoms with Crippen molar-refractivity contribution in [3.8, 4) is 0 Å². The Morgan fingerprint density at radius 2 is 1.52 bits per heavy atom. The molecule has 0 atom stereocenters. The van der Waals surface area contributed by atoms with E-state index in [1.165, 1.54) is 0 Å². The van der Waals surface area contributed by atoms with Crippen LogP contribution in [0.4, 0.5) is 0 Å². The van der Waals surface area contributed by atoms with Gasteiger partial charge in [-0.1, -0.05) is 34.1 Å². The molecule has 0 aromatic carbocycles. The molecule has 0 aliphatic heterocycles. The standard InChI is InChI=1S/C18H38N2O/c1-8-9-13-20(16(21)15-17(2,3)4)14-11-10-12-19-18(5,6)7/h19H,8-15H2,1-7H3. The molecule has 0 radical (unpaired) electrons. The van der Waals surface area contributed by atoms with Gasteiger partial charge in [0.05, 0.1) is 0 Å². The number of rotatable bonds is 9. The average Bonchev–Trinajstić information content (AvgIpc) is 2.28. The molecular weight excluding hydrogens is 260 g/mol. The fraction of sp³-hybridized carbons (Fsp3) is 0.944. The van der Waals surface area contributed by atoms with Crippen LogP contribution in [0.2, 0.25) is 0 Å². The van der Waals surface area contributed by atoms with Crippen molar-refractivity contribution in [1.82, 2.24) is 10.2 Å². The van der Waals surface area contributed by atoms with Gasteiger partial charge in [-0.3, -0.25) is 4.79 Å². The molecule has 0 bridgehead atoms. The average molecular weight is 299 g/mol. The van der Waals surface area contributed by atoms with Crippen LogP contribution in [0, 0.1) is 5.41 Å². The number of hydrogen-bond donors (Lipinski definition) is 1.